The summed E-state index contributed by atoms with van der Waals surface area (Å²) < 4.78 is 80.0. The quantitative estimate of drug-likeness (QED) is 0.224. The molecule has 0 radical (unpaired) electrons. The van der Waals surface area contributed by atoms with Gasteiger partial charge < -0.3 is 10.6 Å². The highest BCUT2D eigenvalue weighted by molar-refractivity contribution is 5.92. The van der Waals surface area contributed by atoms with Crippen LogP contribution in [0.25, 0.3) is 22.4 Å². The maximum atomic E-state index is 13.6. The van der Waals surface area contributed by atoms with Crippen molar-refractivity contribution >= 4 is 22.4 Å². The highest BCUT2D eigenvalue weighted by atomic mass is 19.4. The third kappa shape index (κ3) is 6.52. The number of hydrogen-bond acceptors (Lipinski definition) is 5. The summed E-state index contributed by atoms with van der Waals surface area (Å²) in [6.07, 6.45) is -1.81. The molecule has 5 rings (SSSR count). The molecule has 1 aliphatic rings. The Bertz CT molecular complexity index is 1460. The molecule has 1 fully saturated rings. The Hall–Kier alpha value is -3.73. The summed E-state index contributed by atoms with van der Waals surface area (Å²) in [5.41, 5.74) is -0.243. The Morgan fingerprint density at radius 2 is 1.57 bits per heavy atom. The van der Waals surface area contributed by atoms with Crippen LogP contribution in [0.2, 0.25) is 0 Å². The summed E-state index contributed by atoms with van der Waals surface area (Å²) in [7, 11) is 0. The van der Waals surface area contributed by atoms with Crippen molar-refractivity contribution in [3.63, 3.8) is 0 Å². The second-order valence-electron chi connectivity index (χ2n) is 9.96. The minimum Gasteiger partial charge on any atom is -0.355 e. The largest absolute Gasteiger partial charge is 0.418 e. The third-order valence-electron chi connectivity index (χ3n) is 7.04. The zero-order valence-corrected chi connectivity index (χ0v) is 21.4. The first kappa shape index (κ1) is 27.8. The number of aromatic nitrogens is 3. The van der Waals surface area contributed by atoms with E-state index in [1.807, 2.05) is 0 Å². The van der Waals surface area contributed by atoms with E-state index in [-0.39, 0.29) is 17.0 Å². The lowest BCUT2D eigenvalue weighted by Crippen LogP contribution is -2.24. The van der Waals surface area contributed by atoms with Crippen LogP contribution < -0.4 is 10.6 Å². The Morgan fingerprint density at radius 3 is 2.27 bits per heavy atom. The van der Waals surface area contributed by atoms with E-state index in [1.54, 1.807) is 12.1 Å². The lowest BCUT2D eigenvalue weighted by molar-refractivity contribution is -0.138. The summed E-state index contributed by atoms with van der Waals surface area (Å²) in [4.78, 5) is 13.0. The smallest absolute Gasteiger partial charge is 0.355 e. The van der Waals surface area contributed by atoms with Crippen LogP contribution in [-0.2, 0) is 18.9 Å². The van der Waals surface area contributed by atoms with Gasteiger partial charge in [-0.15, -0.1) is 0 Å². The summed E-state index contributed by atoms with van der Waals surface area (Å²) in [5.74, 6) is 0.577. The van der Waals surface area contributed by atoms with Gasteiger partial charge in [-0.2, -0.15) is 26.3 Å². The van der Waals surface area contributed by atoms with Crippen molar-refractivity contribution in [2.24, 2.45) is 5.92 Å². The highest BCUT2D eigenvalue weighted by Gasteiger charge is 2.35. The standard InChI is InChI=1S/C29H27F6N5/c30-28(31,32)19-8-10-20(11-9-19)38-25-15-21(17-36-16-18-5-2-1-3-6-18)39-27-22(25)12-13-24(40-27)26-23(29(33,34)35)7-4-14-37-26/h4,7-15,18,36H,1-3,5-6,16-17H2,(H,38,39,40). The average molecular weight is 560 g/mol. The van der Waals surface area contributed by atoms with Crippen molar-refractivity contribution in [2.45, 2.75) is 51.0 Å². The molecule has 1 aliphatic carbocycles. The van der Waals surface area contributed by atoms with Crippen LogP contribution in [-0.4, -0.2) is 21.5 Å². The van der Waals surface area contributed by atoms with Crippen molar-refractivity contribution in [3.05, 3.63) is 77.6 Å². The minimum absolute atomic E-state index is 0.0146. The number of nitrogens with zero attached hydrogens (tertiary/aromatic N) is 3. The number of nitrogens with one attached hydrogen (secondary N) is 2. The van der Waals surface area contributed by atoms with Gasteiger partial charge in [0.2, 0.25) is 0 Å². The van der Waals surface area contributed by atoms with Crippen molar-refractivity contribution < 1.29 is 26.3 Å². The Morgan fingerprint density at radius 1 is 0.825 bits per heavy atom. The van der Waals surface area contributed by atoms with Gasteiger partial charge in [0.05, 0.1) is 28.2 Å². The maximum absolute atomic E-state index is 13.6. The zero-order valence-electron chi connectivity index (χ0n) is 21.4. The van der Waals surface area contributed by atoms with Crippen LogP contribution in [0.5, 0.6) is 0 Å². The predicted molar refractivity (Wildman–Crippen MR) is 141 cm³/mol. The normalized spacial score (nSPS) is 14.9. The van der Waals surface area contributed by atoms with E-state index in [9.17, 15) is 26.3 Å². The average Bonchev–Trinajstić information content (AvgIpc) is 2.93. The van der Waals surface area contributed by atoms with E-state index in [0.29, 0.717) is 34.9 Å². The van der Waals surface area contributed by atoms with Crippen molar-refractivity contribution in [2.75, 3.05) is 11.9 Å². The summed E-state index contributed by atoms with van der Waals surface area (Å²) in [6.45, 7) is 1.22. The molecule has 3 aromatic heterocycles. The number of halogens is 6. The van der Waals surface area contributed by atoms with Gasteiger partial charge in [-0.1, -0.05) is 19.3 Å². The fourth-order valence-corrected chi connectivity index (χ4v) is 5.01. The molecule has 0 atom stereocenters. The first-order valence-corrected chi connectivity index (χ1v) is 13.1. The van der Waals surface area contributed by atoms with Crippen molar-refractivity contribution in [1.82, 2.24) is 20.3 Å². The molecule has 0 unspecified atom stereocenters. The van der Waals surface area contributed by atoms with E-state index in [4.69, 9.17) is 0 Å². The zero-order chi connectivity index (χ0) is 28.3. The fourth-order valence-electron chi connectivity index (χ4n) is 5.01. The minimum atomic E-state index is -4.62. The molecule has 0 spiro atoms. The molecular formula is C29H27F6N5. The van der Waals surface area contributed by atoms with E-state index >= 15 is 0 Å². The summed E-state index contributed by atoms with van der Waals surface area (Å²) >= 11 is 0. The summed E-state index contributed by atoms with van der Waals surface area (Å²) in [6, 6.07) is 11.6. The third-order valence-corrected chi connectivity index (χ3v) is 7.04. The van der Waals surface area contributed by atoms with Crippen LogP contribution in [0.4, 0.5) is 37.7 Å². The van der Waals surface area contributed by atoms with Crippen molar-refractivity contribution in [3.8, 4) is 11.4 Å². The highest BCUT2D eigenvalue weighted by Crippen LogP contribution is 2.36. The van der Waals surface area contributed by atoms with Gasteiger partial charge in [0.25, 0.3) is 0 Å². The molecule has 1 saturated carbocycles. The summed E-state index contributed by atoms with van der Waals surface area (Å²) in [5, 5.41) is 7.06. The second kappa shape index (κ2) is 11.4. The SMILES string of the molecule is FC(F)(F)c1ccc(Nc2cc(CNCC3CCCCC3)nc3nc(-c4ncccc4C(F)(F)F)ccc23)cc1. The maximum Gasteiger partial charge on any atom is 0.418 e. The van der Waals surface area contributed by atoms with E-state index in [2.05, 4.69) is 25.6 Å². The number of fused-ring (bicyclic) bond motifs is 1. The molecule has 0 aliphatic heterocycles. The van der Waals surface area contributed by atoms with Gasteiger partial charge in [-0.3, -0.25) is 4.98 Å². The van der Waals surface area contributed by atoms with Gasteiger partial charge in [0.1, 0.15) is 5.69 Å². The van der Waals surface area contributed by atoms with Crippen LogP contribution in [0.1, 0.15) is 48.9 Å². The molecule has 0 saturated heterocycles. The molecule has 4 aromatic rings. The molecule has 11 heteroatoms. The molecule has 1 aromatic carbocycles. The fraction of sp³-hybridized carbons (Fsp3) is 0.345. The van der Waals surface area contributed by atoms with Crippen LogP contribution >= 0.6 is 0 Å². The second-order valence-corrected chi connectivity index (χ2v) is 9.96. The first-order valence-electron chi connectivity index (χ1n) is 13.1. The molecule has 3 heterocycles. The topological polar surface area (TPSA) is 62.7 Å². The Balaban J connectivity index is 1.49. The van der Waals surface area contributed by atoms with Gasteiger partial charge in [-0.25, -0.2) is 9.97 Å². The molecular weight excluding hydrogens is 532 g/mol. The van der Waals surface area contributed by atoms with Crippen LogP contribution in [0, 0.1) is 5.92 Å². The lowest BCUT2D eigenvalue weighted by atomic mass is 9.89. The number of hydrogen-bond donors (Lipinski definition) is 2. The van der Waals surface area contributed by atoms with Gasteiger partial charge in [-0.05, 0) is 79.9 Å². The number of alkyl halides is 6. The van der Waals surface area contributed by atoms with E-state index in [1.165, 1.54) is 49.7 Å². The number of pyridine rings is 3. The van der Waals surface area contributed by atoms with Crippen LogP contribution in [0.3, 0.4) is 0 Å². The number of rotatable bonds is 7. The lowest BCUT2D eigenvalue weighted by Gasteiger charge is -2.21. The Kier molecular flexibility index (Phi) is 7.93. The van der Waals surface area contributed by atoms with Gasteiger partial charge >= 0.3 is 12.4 Å². The predicted octanol–water partition coefficient (Wildman–Crippen LogP) is 8.14. The molecule has 2 N–H and O–H groups in total. The Labute approximate surface area is 227 Å². The van der Waals surface area contributed by atoms with E-state index < -0.39 is 23.5 Å². The molecule has 40 heavy (non-hydrogen) atoms. The molecule has 0 bridgehead atoms. The monoisotopic (exact) mass is 559 g/mol. The number of benzene rings is 1. The van der Waals surface area contributed by atoms with Gasteiger partial charge in [0.15, 0.2) is 5.65 Å². The van der Waals surface area contributed by atoms with Crippen LogP contribution in [0.15, 0.2) is 60.8 Å². The molecule has 0 amide bonds. The van der Waals surface area contributed by atoms with Crippen molar-refractivity contribution in [1.29, 1.82) is 0 Å². The van der Waals surface area contributed by atoms with E-state index in [0.717, 1.165) is 37.6 Å². The molecule has 5 nitrogen and oxygen atoms in total. The van der Waals surface area contributed by atoms with Gasteiger partial charge in [0, 0.05) is 23.8 Å². The number of anilines is 2. The first-order chi connectivity index (χ1) is 19.1. The molecule has 210 valence electrons.